The number of hydrogen-bond acceptors (Lipinski definition) is 5. The van der Waals surface area contributed by atoms with Gasteiger partial charge in [-0.05, 0) is 26.4 Å². The Morgan fingerprint density at radius 1 is 1.37 bits per heavy atom. The molecule has 0 radical (unpaired) electrons. The lowest BCUT2D eigenvalue weighted by atomic mass is 10.1. The number of hydrogen-bond donors (Lipinski definition) is 1. The molecule has 2 unspecified atom stereocenters. The fourth-order valence-electron chi connectivity index (χ4n) is 3.01. The summed E-state index contributed by atoms with van der Waals surface area (Å²) in [7, 11) is 6.23. The Balaban J connectivity index is 2.28. The topological polar surface area (TPSA) is 44.3 Å². The average Bonchev–Trinajstić information content (AvgIpc) is 2.79. The molecule has 2 heterocycles. The normalized spacial score (nSPS) is 23.2. The third-order valence-corrected chi connectivity index (χ3v) is 4.05. The van der Waals surface area contributed by atoms with Gasteiger partial charge < -0.3 is 15.1 Å². The van der Waals surface area contributed by atoms with E-state index in [2.05, 4.69) is 53.0 Å². The monoisotopic (exact) mass is 263 g/mol. The second-order valence-corrected chi connectivity index (χ2v) is 5.54. The lowest BCUT2D eigenvalue weighted by molar-refractivity contribution is 0.266. The van der Waals surface area contributed by atoms with E-state index in [9.17, 15) is 0 Å². The minimum atomic E-state index is 0.595. The lowest BCUT2D eigenvalue weighted by Crippen LogP contribution is -2.34. The Bertz CT molecular complexity index is 432. The van der Waals surface area contributed by atoms with Crippen molar-refractivity contribution in [1.82, 2.24) is 14.9 Å². The molecule has 1 fully saturated rings. The van der Waals surface area contributed by atoms with Crippen molar-refractivity contribution in [2.45, 2.75) is 26.3 Å². The highest BCUT2D eigenvalue weighted by molar-refractivity contribution is 5.59. The van der Waals surface area contributed by atoms with E-state index in [4.69, 9.17) is 0 Å². The van der Waals surface area contributed by atoms with E-state index < -0.39 is 0 Å². The van der Waals surface area contributed by atoms with Crippen LogP contribution in [0.2, 0.25) is 0 Å². The Morgan fingerprint density at radius 2 is 2.11 bits per heavy atom. The van der Waals surface area contributed by atoms with Crippen molar-refractivity contribution in [3.63, 3.8) is 0 Å². The van der Waals surface area contributed by atoms with Crippen LogP contribution in [-0.4, -0.2) is 55.1 Å². The minimum Gasteiger partial charge on any atom is -0.373 e. The van der Waals surface area contributed by atoms with Gasteiger partial charge in [-0.2, -0.15) is 0 Å². The van der Waals surface area contributed by atoms with Gasteiger partial charge >= 0.3 is 0 Å². The van der Waals surface area contributed by atoms with Gasteiger partial charge in [-0.3, -0.25) is 0 Å². The molecule has 0 amide bonds. The third-order valence-electron chi connectivity index (χ3n) is 4.05. The number of aromatic nitrogens is 2. The molecule has 0 spiro atoms. The van der Waals surface area contributed by atoms with E-state index >= 15 is 0 Å². The molecule has 1 aliphatic heterocycles. The van der Waals surface area contributed by atoms with E-state index in [0.717, 1.165) is 31.1 Å². The molecule has 0 aromatic carbocycles. The van der Waals surface area contributed by atoms with Gasteiger partial charge in [0, 0.05) is 31.7 Å². The van der Waals surface area contributed by atoms with Crippen molar-refractivity contribution in [2.24, 2.45) is 5.92 Å². The number of nitrogens with zero attached hydrogens (tertiary/aromatic N) is 4. The molecule has 2 rings (SSSR count). The predicted octanol–water partition coefficient (Wildman–Crippen LogP) is 1.47. The zero-order valence-electron chi connectivity index (χ0n) is 12.6. The first kappa shape index (κ1) is 14.1. The van der Waals surface area contributed by atoms with Gasteiger partial charge in [-0.1, -0.05) is 13.8 Å². The van der Waals surface area contributed by atoms with E-state index in [1.54, 1.807) is 6.33 Å². The van der Waals surface area contributed by atoms with Crippen LogP contribution in [0.5, 0.6) is 0 Å². The summed E-state index contributed by atoms with van der Waals surface area (Å²) < 4.78 is 0. The van der Waals surface area contributed by atoms with Gasteiger partial charge in [0.25, 0.3) is 0 Å². The first-order valence-corrected chi connectivity index (χ1v) is 7.01. The van der Waals surface area contributed by atoms with Crippen molar-refractivity contribution in [3.8, 4) is 0 Å². The van der Waals surface area contributed by atoms with Gasteiger partial charge in [-0.25, -0.2) is 9.97 Å². The zero-order valence-corrected chi connectivity index (χ0v) is 12.6. The Labute approximate surface area is 116 Å². The maximum atomic E-state index is 4.52. The number of rotatable bonds is 4. The van der Waals surface area contributed by atoms with Crippen LogP contribution >= 0.6 is 0 Å². The minimum absolute atomic E-state index is 0.595. The van der Waals surface area contributed by atoms with Crippen LogP contribution in [0.25, 0.3) is 0 Å². The van der Waals surface area contributed by atoms with Crippen molar-refractivity contribution < 1.29 is 0 Å². The first-order chi connectivity index (χ1) is 9.08. The first-order valence-electron chi connectivity index (χ1n) is 7.01. The summed E-state index contributed by atoms with van der Waals surface area (Å²) >= 11 is 0. The highest BCUT2D eigenvalue weighted by Crippen LogP contribution is 2.29. The van der Waals surface area contributed by atoms with Crippen LogP contribution in [0.1, 0.15) is 19.4 Å². The van der Waals surface area contributed by atoms with Gasteiger partial charge in [0.15, 0.2) is 0 Å². The molecule has 19 heavy (non-hydrogen) atoms. The molecule has 0 bridgehead atoms. The second kappa shape index (κ2) is 5.74. The van der Waals surface area contributed by atoms with Crippen LogP contribution in [0.4, 0.5) is 11.6 Å². The molecule has 1 aromatic rings. The van der Waals surface area contributed by atoms with Crippen LogP contribution in [0.3, 0.4) is 0 Å². The average molecular weight is 263 g/mol. The van der Waals surface area contributed by atoms with Crippen molar-refractivity contribution >= 4 is 11.6 Å². The van der Waals surface area contributed by atoms with Crippen LogP contribution in [-0.2, 0) is 6.42 Å². The van der Waals surface area contributed by atoms with Crippen molar-refractivity contribution in [2.75, 3.05) is 44.4 Å². The molecule has 2 atom stereocenters. The maximum absolute atomic E-state index is 4.52. The van der Waals surface area contributed by atoms with E-state index in [1.165, 1.54) is 5.56 Å². The largest absolute Gasteiger partial charge is 0.373 e. The fourth-order valence-corrected chi connectivity index (χ4v) is 3.01. The summed E-state index contributed by atoms with van der Waals surface area (Å²) in [5.41, 5.74) is 1.22. The summed E-state index contributed by atoms with van der Waals surface area (Å²) in [6.45, 7) is 6.58. The highest BCUT2D eigenvalue weighted by atomic mass is 15.3. The molecule has 5 nitrogen and oxygen atoms in total. The molecular formula is C14H25N5. The molecule has 0 aliphatic carbocycles. The number of nitrogens with one attached hydrogen (secondary N) is 1. The number of likely N-dealkylation sites (N-methyl/N-ethyl adjacent to an activating group) is 1. The standard InChI is InChI=1S/C14H25N5/c1-6-11-13(15-3)16-9-17-14(11)19-7-10(2)12(8-19)18(4)5/h9-10,12H,6-8H2,1-5H3,(H,15,16,17). The van der Waals surface area contributed by atoms with Crippen LogP contribution < -0.4 is 10.2 Å². The summed E-state index contributed by atoms with van der Waals surface area (Å²) in [4.78, 5) is 13.6. The predicted molar refractivity (Wildman–Crippen MR) is 79.8 cm³/mol. The zero-order chi connectivity index (χ0) is 14.0. The van der Waals surface area contributed by atoms with Crippen molar-refractivity contribution in [3.05, 3.63) is 11.9 Å². The summed E-state index contributed by atoms with van der Waals surface area (Å²) in [5.74, 6) is 2.71. The Hall–Kier alpha value is -1.36. The number of anilines is 2. The molecule has 1 N–H and O–H groups in total. The Morgan fingerprint density at radius 3 is 2.63 bits per heavy atom. The molecular weight excluding hydrogens is 238 g/mol. The maximum Gasteiger partial charge on any atom is 0.137 e. The third kappa shape index (κ3) is 2.66. The van der Waals surface area contributed by atoms with E-state index in [-0.39, 0.29) is 0 Å². The van der Waals surface area contributed by atoms with Gasteiger partial charge in [0.1, 0.15) is 18.0 Å². The molecule has 5 heteroatoms. The van der Waals surface area contributed by atoms with E-state index in [1.807, 2.05) is 7.05 Å². The molecule has 1 aliphatic rings. The van der Waals surface area contributed by atoms with Crippen LogP contribution in [0, 0.1) is 5.92 Å². The van der Waals surface area contributed by atoms with Crippen molar-refractivity contribution in [1.29, 1.82) is 0 Å². The summed E-state index contributed by atoms with van der Waals surface area (Å²) in [6, 6.07) is 0.595. The smallest absolute Gasteiger partial charge is 0.137 e. The summed E-state index contributed by atoms with van der Waals surface area (Å²) in [6.07, 6.45) is 2.61. The lowest BCUT2D eigenvalue weighted by Gasteiger charge is -2.23. The molecule has 1 saturated heterocycles. The van der Waals surface area contributed by atoms with Gasteiger partial charge in [-0.15, -0.1) is 0 Å². The van der Waals surface area contributed by atoms with E-state index in [0.29, 0.717) is 12.0 Å². The van der Waals surface area contributed by atoms with Crippen LogP contribution in [0.15, 0.2) is 6.33 Å². The quantitative estimate of drug-likeness (QED) is 0.891. The Kier molecular flexibility index (Phi) is 4.24. The van der Waals surface area contributed by atoms with Gasteiger partial charge in [0.2, 0.25) is 0 Å². The highest BCUT2D eigenvalue weighted by Gasteiger charge is 2.32. The van der Waals surface area contributed by atoms with Gasteiger partial charge in [0.05, 0.1) is 0 Å². The fraction of sp³-hybridized carbons (Fsp3) is 0.714. The molecule has 0 saturated carbocycles. The molecule has 1 aromatic heterocycles. The second-order valence-electron chi connectivity index (χ2n) is 5.54. The molecule has 106 valence electrons. The SMILES string of the molecule is CCc1c(NC)ncnc1N1CC(C)C(N(C)C)C1. The summed E-state index contributed by atoms with van der Waals surface area (Å²) in [5, 5.41) is 3.17.